The minimum Gasteiger partial charge on any atom is -0.490 e. The van der Waals surface area contributed by atoms with Gasteiger partial charge in [0.05, 0.1) is 23.2 Å². The van der Waals surface area contributed by atoms with Crippen molar-refractivity contribution in [3.63, 3.8) is 0 Å². The zero-order valence-corrected chi connectivity index (χ0v) is 9.08. The number of nitro benzene ring substituents is 1. The zero-order valence-electron chi connectivity index (χ0n) is 9.08. The standard InChI is InChI=1S/C10H10N4O3/c1-17-10-3-7-6(2-9(10)14(15)16)8(4-11)13-5-12-7/h2-3,5H,4,11H2,1H3. The second kappa shape index (κ2) is 4.30. The first-order valence-electron chi connectivity index (χ1n) is 4.83. The van der Waals surface area contributed by atoms with Crippen molar-refractivity contribution < 1.29 is 9.66 Å². The first kappa shape index (κ1) is 11.2. The molecule has 0 saturated carbocycles. The van der Waals surface area contributed by atoms with Gasteiger partial charge in [0.25, 0.3) is 0 Å². The number of aromatic nitrogens is 2. The van der Waals surface area contributed by atoms with Gasteiger partial charge in [0.2, 0.25) is 0 Å². The number of nitrogens with zero attached hydrogens (tertiary/aromatic N) is 3. The van der Waals surface area contributed by atoms with Crippen LogP contribution in [0.3, 0.4) is 0 Å². The zero-order chi connectivity index (χ0) is 12.4. The fourth-order valence-electron chi connectivity index (χ4n) is 1.59. The molecule has 1 heterocycles. The minimum absolute atomic E-state index is 0.121. The van der Waals surface area contributed by atoms with Crippen LogP contribution < -0.4 is 10.5 Å². The number of fused-ring (bicyclic) bond motifs is 1. The summed E-state index contributed by atoms with van der Waals surface area (Å²) in [4.78, 5) is 18.4. The third-order valence-electron chi connectivity index (χ3n) is 2.41. The molecule has 1 aromatic heterocycles. The van der Waals surface area contributed by atoms with Crippen LogP contribution in [-0.2, 0) is 6.54 Å². The number of nitrogens with two attached hydrogens (primary N) is 1. The van der Waals surface area contributed by atoms with Crippen molar-refractivity contribution in [1.29, 1.82) is 0 Å². The van der Waals surface area contributed by atoms with Crippen molar-refractivity contribution >= 4 is 16.6 Å². The average molecular weight is 234 g/mol. The van der Waals surface area contributed by atoms with Crippen molar-refractivity contribution in [3.05, 3.63) is 34.3 Å². The number of hydrogen-bond acceptors (Lipinski definition) is 6. The topological polar surface area (TPSA) is 104 Å². The van der Waals surface area contributed by atoms with Gasteiger partial charge in [-0.1, -0.05) is 0 Å². The first-order valence-corrected chi connectivity index (χ1v) is 4.83. The van der Waals surface area contributed by atoms with E-state index < -0.39 is 4.92 Å². The highest BCUT2D eigenvalue weighted by Gasteiger charge is 2.17. The highest BCUT2D eigenvalue weighted by molar-refractivity contribution is 5.85. The highest BCUT2D eigenvalue weighted by Crippen LogP contribution is 2.31. The summed E-state index contributed by atoms with van der Waals surface area (Å²) >= 11 is 0. The Morgan fingerprint density at radius 3 is 2.82 bits per heavy atom. The maximum absolute atomic E-state index is 10.9. The fourth-order valence-corrected chi connectivity index (χ4v) is 1.59. The van der Waals surface area contributed by atoms with Crippen LogP contribution in [0.25, 0.3) is 10.9 Å². The van der Waals surface area contributed by atoms with E-state index in [-0.39, 0.29) is 18.0 Å². The van der Waals surface area contributed by atoms with Crippen molar-refractivity contribution in [2.75, 3.05) is 7.11 Å². The Balaban J connectivity index is 2.78. The molecule has 0 fully saturated rings. The molecule has 0 aliphatic carbocycles. The van der Waals surface area contributed by atoms with Crippen LogP contribution in [0.2, 0.25) is 0 Å². The summed E-state index contributed by atoms with van der Waals surface area (Å²) in [6.07, 6.45) is 1.37. The Hall–Kier alpha value is -2.28. The summed E-state index contributed by atoms with van der Waals surface area (Å²) in [5.74, 6) is 0.171. The largest absolute Gasteiger partial charge is 0.490 e. The summed E-state index contributed by atoms with van der Waals surface area (Å²) in [7, 11) is 1.37. The lowest BCUT2D eigenvalue weighted by Gasteiger charge is -2.05. The molecule has 2 rings (SSSR count). The molecule has 0 radical (unpaired) electrons. The highest BCUT2D eigenvalue weighted by atomic mass is 16.6. The van der Waals surface area contributed by atoms with Crippen LogP contribution >= 0.6 is 0 Å². The molecule has 88 valence electrons. The van der Waals surface area contributed by atoms with Gasteiger partial charge in [-0.05, 0) is 0 Å². The van der Waals surface area contributed by atoms with Crippen LogP contribution in [0.4, 0.5) is 5.69 Å². The van der Waals surface area contributed by atoms with Gasteiger partial charge in [-0.3, -0.25) is 10.1 Å². The molecule has 0 unspecified atom stereocenters. The monoisotopic (exact) mass is 234 g/mol. The number of ether oxygens (including phenoxy) is 1. The summed E-state index contributed by atoms with van der Waals surface area (Å²) in [6.45, 7) is 0.197. The fraction of sp³-hybridized carbons (Fsp3) is 0.200. The van der Waals surface area contributed by atoms with E-state index >= 15 is 0 Å². The van der Waals surface area contributed by atoms with E-state index in [0.717, 1.165) is 0 Å². The van der Waals surface area contributed by atoms with E-state index in [1.807, 2.05) is 0 Å². The van der Waals surface area contributed by atoms with Gasteiger partial charge in [0.1, 0.15) is 6.33 Å². The SMILES string of the molecule is COc1cc2ncnc(CN)c2cc1[N+](=O)[O-]. The average Bonchev–Trinajstić information content (AvgIpc) is 2.36. The molecule has 0 aliphatic heterocycles. The van der Waals surface area contributed by atoms with Crippen LogP contribution in [0.5, 0.6) is 5.75 Å². The number of hydrogen-bond donors (Lipinski definition) is 1. The van der Waals surface area contributed by atoms with Crippen molar-refractivity contribution in [2.45, 2.75) is 6.54 Å². The van der Waals surface area contributed by atoms with Gasteiger partial charge in [-0.15, -0.1) is 0 Å². The molecule has 0 bridgehead atoms. The van der Waals surface area contributed by atoms with Gasteiger partial charge in [-0.2, -0.15) is 0 Å². The predicted molar refractivity (Wildman–Crippen MR) is 60.6 cm³/mol. The molecule has 0 aliphatic rings. The normalized spacial score (nSPS) is 10.5. The van der Waals surface area contributed by atoms with E-state index in [0.29, 0.717) is 16.6 Å². The van der Waals surface area contributed by atoms with Crippen molar-refractivity contribution in [2.24, 2.45) is 5.73 Å². The van der Waals surface area contributed by atoms with E-state index in [2.05, 4.69) is 9.97 Å². The lowest BCUT2D eigenvalue weighted by Crippen LogP contribution is -2.02. The number of rotatable bonds is 3. The predicted octanol–water partition coefficient (Wildman–Crippen LogP) is 1.01. The van der Waals surface area contributed by atoms with E-state index in [1.54, 1.807) is 0 Å². The Labute approximate surface area is 96.4 Å². The molecule has 17 heavy (non-hydrogen) atoms. The van der Waals surface area contributed by atoms with Gasteiger partial charge < -0.3 is 10.5 Å². The van der Waals surface area contributed by atoms with Gasteiger partial charge >= 0.3 is 5.69 Å². The quantitative estimate of drug-likeness (QED) is 0.627. The van der Waals surface area contributed by atoms with Crippen LogP contribution in [0.1, 0.15) is 5.69 Å². The van der Waals surface area contributed by atoms with Crippen LogP contribution in [0.15, 0.2) is 18.5 Å². The minimum atomic E-state index is -0.508. The molecule has 1 aromatic carbocycles. The molecule has 0 amide bonds. The molecule has 0 atom stereocenters. The Morgan fingerprint density at radius 2 is 2.24 bits per heavy atom. The number of benzene rings is 1. The van der Waals surface area contributed by atoms with Gasteiger partial charge in [-0.25, -0.2) is 9.97 Å². The van der Waals surface area contributed by atoms with E-state index in [9.17, 15) is 10.1 Å². The van der Waals surface area contributed by atoms with Gasteiger partial charge in [0.15, 0.2) is 5.75 Å². The number of nitro groups is 1. The van der Waals surface area contributed by atoms with Crippen molar-refractivity contribution in [1.82, 2.24) is 9.97 Å². The third kappa shape index (κ3) is 1.87. The molecule has 2 N–H and O–H groups in total. The molecule has 2 aromatic rings. The lowest BCUT2D eigenvalue weighted by atomic mass is 10.1. The Kier molecular flexibility index (Phi) is 2.84. The molecule has 0 spiro atoms. The molecular weight excluding hydrogens is 224 g/mol. The maximum Gasteiger partial charge on any atom is 0.311 e. The maximum atomic E-state index is 10.9. The number of methoxy groups -OCH3 is 1. The first-order chi connectivity index (χ1) is 8.17. The Bertz CT molecular complexity index is 585. The third-order valence-corrected chi connectivity index (χ3v) is 2.41. The molecular formula is C10H10N4O3. The summed E-state index contributed by atoms with van der Waals surface area (Å²) in [6, 6.07) is 2.89. The smallest absolute Gasteiger partial charge is 0.311 e. The van der Waals surface area contributed by atoms with Gasteiger partial charge in [0, 0.05) is 24.1 Å². The molecule has 7 nitrogen and oxygen atoms in total. The van der Waals surface area contributed by atoms with E-state index in [1.165, 1.54) is 25.6 Å². The van der Waals surface area contributed by atoms with Crippen molar-refractivity contribution in [3.8, 4) is 5.75 Å². The molecule has 7 heteroatoms. The molecule has 0 saturated heterocycles. The lowest BCUT2D eigenvalue weighted by molar-refractivity contribution is -0.385. The van der Waals surface area contributed by atoms with Crippen LogP contribution in [0, 0.1) is 10.1 Å². The second-order valence-corrected chi connectivity index (χ2v) is 3.32. The Morgan fingerprint density at radius 1 is 1.47 bits per heavy atom. The second-order valence-electron chi connectivity index (χ2n) is 3.32. The van der Waals surface area contributed by atoms with Crippen LogP contribution in [-0.4, -0.2) is 22.0 Å². The summed E-state index contributed by atoms with van der Waals surface area (Å²) in [5.41, 5.74) is 6.54. The summed E-state index contributed by atoms with van der Waals surface area (Å²) in [5, 5.41) is 11.4. The van der Waals surface area contributed by atoms with E-state index in [4.69, 9.17) is 10.5 Å². The summed E-state index contributed by atoms with van der Waals surface area (Å²) < 4.78 is 4.95.